The van der Waals surface area contributed by atoms with Gasteiger partial charge in [-0.1, -0.05) is 25.1 Å². The number of alkyl halides is 3. The van der Waals surface area contributed by atoms with Crippen LogP contribution in [0.2, 0.25) is 0 Å². The van der Waals surface area contributed by atoms with Crippen molar-refractivity contribution in [1.29, 1.82) is 0 Å². The highest BCUT2D eigenvalue weighted by Crippen LogP contribution is 2.32. The van der Waals surface area contributed by atoms with E-state index in [0.29, 0.717) is 17.9 Å². The van der Waals surface area contributed by atoms with E-state index in [9.17, 15) is 13.2 Å². The van der Waals surface area contributed by atoms with Crippen molar-refractivity contribution in [3.8, 4) is 11.4 Å². The van der Waals surface area contributed by atoms with E-state index in [0.717, 1.165) is 40.2 Å². The molecular formula is C20H19F3N2S. The van der Waals surface area contributed by atoms with Crippen LogP contribution in [0.5, 0.6) is 0 Å². The zero-order valence-corrected chi connectivity index (χ0v) is 15.2. The molecule has 0 amide bonds. The summed E-state index contributed by atoms with van der Waals surface area (Å²) in [5.74, 6) is 1.68. The number of halogens is 3. The zero-order valence-electron chi connectivity index (χ0n) is 14.4. The summed E-state index contributed by atoms with van der Waals surface area (Å²) in [5.41, 5.74) is 1.77. The highest BCUT2D eigenvalue weighted by molar-refractivity contribution is 7.99. The molecule has 0 saturated carbocycles. The molecule has 0 radical (unpaired) electrons. The molecule has 3 aromatic rings. The Kier molecular flexibility index (Phi) is 5.41. The average molecular weight is 376 g/mol. The molecule has 0 aliphatic heterocycles. The molecule has 0 bridgehead atoms. The number of allylic oxidation sites excluding steroid dienone is 1. The van der Waals surface area contributed by atoms with E-state index in [-0.39, 0.29) is 0 Å². The Morgan fingerprint density at radius 2 is 1.88 bits per heavy atom. The maximum absolute atomic E-state index is 12.8. The molecule has 136 valence electrons. The van der Waals surface area contributed by atoms with E-state index in [1.807, 2.05) is 16.7 Å². The van der Waals surface area contributed by atoms with Gasteiger partial charge in [0.05, 0.1) is 16.6 Å². The van der Waals surface area contributed by atoms with Crippen LogP contribution in [0, 0.1) is 0 Å². The molecule has 6 heteroatoms. The molecule has 0 aliphatic carbocycles. The van der Waals surface area contributed by atoms with E-state index in [1.165, 1.54) is 12.1 Å². The van der Waals surface area contributed by atoms with Crippen molar-refractivity contribution in [2.75, 3.05) is 5.75 Å². The summed E-state index contributed by atoms with van der Waals surface area (Å²) < 4.78 is 40.4. The van der Waals surface area contributed by atoms with Gasteiger partial charge in [0, 0.05) is 17.0 Å². The fourth-order valence-electron chi connectivity index (χ4n) is 2.75. The van der Waals surface area contributed by atoms with Gasteiger partial charge in [0.15, 0.2) is 0 Å². The lowest BCUT2D eigenvalue weighted by molar-refractivity contribution is -0.137. The Morgan fingerprint density at radius 3 is 2.50 bits per heavy atom. The third-order valence-electron chi connectivity index (χ3n) is 3.97. The molecule has 0 unspecified atom stereocenters. The number of benzene rings is 2. The monoisotopic (exact) mass is 376 g/mol. The van der Waals surface area contributed by atoms with Crippen molar-refractivity contribution in [3.63, 3.8) is 0 Å². The number of thioether (sulfide) groups is 1. The lowest BCUT2D eigenvalue weighted by Crippen LogP contribution is -2.04. The van der Waals surface area contributed by atoms with Gasteiger partial charge >= 0.3 is 6.18 Å². The quantitative estimate of drug-likeness (QED) is 0.365. The molecule has 0 spiro atoms. The van der Waals surface area contributed by atoms with Crippen LogP contribution in [0.4, 0.5) is 13.2 Å². The minimum Gasteiger partial charge on any atom is -0.320 e. The Labute approximate surface area is 154 Å². The summed E-state index contributed by atoms with van der Waals surface area (Å²) in [6, 6.07) is 11.2. The zero-order chi connectivity index (χ0) is 18.7. The van der Waals surface area contributed by atoms with E-state index >= 15 is 0 Å². The van der Waals surface area contributed by atoms with Gasteiger partial charge in [-0.15, -0.1) is 18.3 Å². The van der Waals surface area contributed by atoms with Crippen molar-refractivity contribution in [1.82, 2.24) is 9.55 Å². The van der Waals surface area contributed by atoms with E-state index in [1.54, 1.807) is 17.8 Å². The highest BCUT2D eigenvalue weighted by Gasteiger charge is 2.30. The first-order valence-electron chi connectivity index (χ1n) is 8.35. The minimum atomic E-state index is -4.34. The molecule has 0 saturated heterocycles. The smallest absolute Gasteiger partial charge is 0.320 e. The van der Waals surface area contributed by atoms with Crippen molar-refractivity contribution >= 4 is 22.8 Å². The van der Waals surface area contributed by atoms with Gasteiger partial charge in [-0.2, -0.15) is 13.2 Å². The summed E-state index contributed by atoms with van der Waals surface area (Å²) in [4.78, 5) is 5.80. The number of imidazole rings is 1. The lowest BCUT2D eigenvalue weighted by Gasteiger charge is -2.09. The first kappa shape index (κ1) is 18.6. The second kappa shape index (κ2) is 7.58. The molecular weight excluding hydrogens is 357 g/mol. The van der Waals surface area contributed by atoms with Gasteiger partial charge in [0.2, 0.25) is 0 Å². The fraction of sp³-hybridized carbons (Fsp3) is 0.250. The predicted molar refractivity (Wildman–Crippen MR) is 101 cm³/mol. The summed E-state index contributed by atoms with van der Waals surface area (Å²) in [6.45, 7) is 6.46. The number of hydrogen-bond donors (Lipinski definition) is 0. The second-order valence-corrected chi connectivity index (χ2v) is 7.08. The summed E-state index contributed by atoms with van der Waals surface area (Å²) in [7, 11) is 0. The van der Waals surface area contributed by atoms with Crippen molar-refractivity contribution < 1.29 is 13.2 Å². The molecule has 0 aliphatic rings. The largest absolute Gasteiger partial charge is 0.416 e. The average Bonchev–Trinajstić information content (AvgIpc) is 2.98. The van der Waals surface area contributed by atoms with Crippen LogP contribution in [0.3, 0.4) is 0 Å². The number of fused-ring (bicyclic) bond motifs is 1. The standard InChI is InChI=1S/C20H19F3N2S/c1-3-11-25-18-13-16(26-12-4-2)9-10-17(18)24-19(25)14-5-7-15(8-6-14)20(21,22)23/h3,5-10,13H,1,4,11-12H2,2H3. The Hall–Kier alpha value is -2.21. The molecule has 3 rings (SSSR count). The fourth-order valence-corrected chi connectivity index (χ4v) is 3.55. The highest BCUT2D eigenvalue weighted by atomic mass is 32.2. The molecule has 2 nitrogen and oxygen atoms in total. The van der Waals surface area contributed by atoms with Crippen molar-refractivity contribution in [2.24, 2.45) is 0 Å². The predicted octanol–water partition coefficient (Wildman–Crippen LogP) is 6.41. The maximum Gasteiger partial charge on any atom is 0.416 e. The van der Waals surface area contributed by atoms with E-state index < -0.39 is 11.7 Å². The second-order valence-electron chi connectivity index (χ2n) is 5.91. The van der Waals surface area contributed by atoms with E-state index in [2.05, 4.69) is 24.6 Å². The van der Waals surface area contributed by atoms with Crippen LogP contribution in [-0.4, -0.2) is 15.3 Å². The number of nitrogens with zero attached hydrogens (tertiary/aromatic N) is 2. The number of rotatable bonds is 6. The molecule has 1 aromatic heterocycles. The summed E-state index contributed by atoms with van der Waals surface area (Å²) in [5, 5.41) is 0. The summed E-state index contributed by atoms with van der Waals surface area (Å²) in [6.07, 6.45) is -1.49. The van der Waals surface area contributed by atoms with Crippen LogP contribution in [0.15, 0.2) is 60.0 Å². The van der Waals surface area contributed by atoms with Gasteiger partial charge in [0.25, 0.3) is 0 Å². The van der Waals surface area contributed by atoms with Gasteiger partial charge in [-0.05, 0) is 42.5 Å². The molecule has 2 aromatic carbocycles. The number of aromatic nitrogens is 2. The maximum atomic E-state index is 12.8. The first-order valence-corrected chi connectivity index (χ1v) is 9.34. The third-order valence-corrected chi connectivity index (χ3v) is 5.17. The number of hydrogen-bond acceptors (Lipinski definition) is 2. The molecule has 0 atom stereocenters. The molecule has 1 heterocycles. The molecule has 26 heavy (non-hydrogen) atoms. The van der Waals surface area contributed by atoms with Gasteiger partial charge in [-0.3, -0.25) is 0 Å². The van der Waals surface area contributed by atoms with Crippen molar-refractivity contribution in [2.45, 2.75) is 31.0 Å². The molecule has 0 N–H and O–H groups in total. The third kappa shape index (κ3) is 3.80. The van der Waals surface area contributed by atoms with Gasteiger partial charge in [-0.25, -0.2) is 4.98 Å². The van der Waals surface area contributed by atoms with Crippen LogP contribution >= 0.6 is 11.8 Å². The van der Waals surface area contributed by atoms with Gasteiger partial charge in [0.1, 0.15) is 5.82 Å². The Morgan fingerprint density at radius 1 is 1.15 bits per heavy atom. The van der Waals surface area contributed by atoms with Crippen LogP contribution in [0.25, 0.3) is 22.4 Å². The Bertz CT molecular complexity index is 911. The topological polar surface area (TPSA) is 17.8 Å². The molecule has 0 fully saturated rings. The Balaban J connectivity index is 2.07. The van der Waals surface area contributed by atoms with Crippen LogP contribution in [0.1, 0.15) is 18.9 Å². The van der Waals surface area contributed by atoms with Crippen molar-refractivity contribution in [3.05, 3.63) is 60.7 Å². The first-order chi connectivity index (χ1) is 12.4. The van der Waals surface area contributed by atoms with Gasteiger partial charge < -0.3 is 4.57 Å². The normalized spacial score (nSPS) is 11.8. The minimum absolute atomic E-state index is 0.536. The van der Waals surface area contributed by atoms with Crippen LogP contribution < -0.4 is 0 Å². The lowest BCUT2D eigenvalue weighted by atomic mass is 10.1. The SMILES string of the molecule is C=CCn1c(-c2ccc(C(F)(F)F)cc2)nc2ccc(SCCC)cc21. The van der Waals surface area contributed by atoms with Crippen LogP contribution in [-0.2, 0) is 12.7 Å². The summed E-state index contributed by atoms with van der Waals surface area (Å²) >= 11 is 1.78. The van der Waals surface area contributed by atoms with E-state index in [4.69, 9.17) is 0 Å².